The quantitative estimate of drug-likeness (QED) is 0.604. The third-order valence-corrected chi connectivity index (χ3v) is 2.80. The second kappa shape index (κ2) is 5.44. The van der Waals surface area contributed by atoms with Gasteiger partial charge in [0, 0.05) is 33.1 Å². The van der Waals surface area contributed by atoms with Gasteiger partial charge in [-0.1, -0.05) is 0 Å². The fourth-order valence-electron chi connectivity index (χ4n) is 1.99. The minimum atomic E-state index is -0.0186. The van der Waals surface area contributed by atoms with Crippen LogP contribution in [0.15, 0.2) is 0 Å². The molecule has 0 radical (unpaired) electrons. The summed E-state index contributed by atoms with van der Waals surface area (Å²) < 4.78 is 0. The minimum Gasteiger partial charge on any atom is -0.327 e. The molecule has 88 valence electrons. The SMILES string of the molecule is CN1CCC(C(N)CC(=O)NN(C)C)C1. The van der Waals surface area contributed by atoms with E-state index in [0.717, 1.165) is 19.5 Å². The van der Waals surface area contributed by atoms with Crippen molar-refractivity contribution in [1.29, 1.82) is 0 Å². The van der Waals surface area contributed by atoms with Crippen molar-refractivity contribution in [2.24, 2.45) is 11.7 Å². The Morgan fingerprint density at radius 3 is 2.80 bits per heavy atom. The second-order valence-corrected chi connectivity index (χ2v) is 4.61. The summed E-state index contributed by atoms with van der Waals surface area (Å²) in [5, 5.41) is 1.65. The van der Waals surface area contributed by atoms with Crippen molar-refractivity contribution in [2.75, 3.05) is 34.2 Å². The molecule has 1 saturated heterocycles. The molecule has 1 aliphatic rings. The van der Waals surface area contributed by atoms with E-state index in [1.807, 2.05) is 0 Å². The molecular weight excluding hydrogens is 192 g/mol. The van der Waals surface area contributed by atoms with E-state index in [1.54, 1.807) is 19.1 Å². The Hall–Kier alpha value is -0.650. The average molecular weight is 214 g/mol. The molecule has 15 heavy (non-hydrogen) atoms. The van der Waals surface area contributed by atoms with E-state index in [2.05, 4.69) is 17.4 Å². The predicted molar refractivity (Wildman–Crippen MR) is 60.0 cm³/mol. The Morgan fingerprint density at radius 1 is 1.67 bits per heavy atom. The Morgan fingerprint density at radius 2 is 2.33 bits per heavy atom. The molecule has 5 nitrogen and oxygen atoms in total. The molecule has 2 atom stereocenters. The number of likely N-dealkylation sites (tertiary alicyclic amines) is 1. The van der Waals surface area contributed by atoms with Gasteiger partial charge < -0.3 is 10.6 Å². The van der Waals surface area contributed by atoms with Crippen LogP contribution < -0.4 is 11.2 Å². The first-order valence-corrected chi connectivity index (χ1v) is 5.40. The summed E-state index contributed by atoms with van der Waals surface area (Å²) in [7, 11) is 5.69. The maximum absolute atomic E-state index is 11.5. The molecule has 0 aromatic heterocycles. The van der Waals surface area contributed by atoms with Crippen LogP contribution in [0.2, 0.25) is 0 Å². The van der Waals surface area contributed by atoms with Gasteiger partial charge in [0.05, 0.1) is 0 Å². The Balaban J connectivity index is 2.29. The van der Waals surface area contributed by atoms with Crippen LogP contribution in [0.5, 0.6) is 0 Å². The summed E-state index contributed by atoms with van der Waals surface area (Å²) in [6, 6.07) is -0.0186. The number of nitrogens with two attached hydrogens (primary N) is 1. The fourth-order valence-corrected chi connectivity index (χ4v) is 1.99. The van der Waals surface area contributed by atoms with Crippen molar-refractivity contribution in [3.05, 3.63) is 0 Å². The van der Waals surface area contributed by atoms with Crippen LogP contribution in [0, 0.1) is 5.92 Å². The first kappa shape index (κ1) is 12.4. The van der Waals surface area contributed by atoms with E-state index in [9.17, 15) is 4.79 Å². The zero-order valence-electron chi connectivity index (χ0n) is 9.86. The number of nitrogens with zero attached hydrogens (tertiary/aromatic N) is 2. The number of hydrogen-bond acceptors (Lipinski definition) is 4. The molecule has 1 rings (SSSR count). The lowest BCUT2D eigenvalue weighted by Crippen LogP contribution is -2.42. The third-order valence-electron chi connectivity index (χ3n) is 2.80. The summed E-state index contributed by atoms with van der Waals surface area (Å²) >= 11 is 0. The lowest BCUT2D eigenvalue weighted by Gasteiger charge is -2.20. The second-order valence-electron chi connectivity index (χ2n) is 4.61. The highest BCUT2D eigenvalue weighted by Gasteiger charge is 2.26. The van der Waals surface area contributed by atoms with E-state index in [4.69, 9.17) is 5.73 Å². The van der Waals surface area contributed by atoms with Crippen LogP contribution in [0.3, 0.4) is 0 Å². The Labute approximate surface area is 91.6 Å². The number of hydrogen-bond donors (Lipinski definition) is 2. The topological polar surface area (TPSA) is 61.6 Å². The van der Waals surface area contributed by atoms with E-state index in [1.165, 1.54) is 0 Å². The molecule has 0 aromatic rings. The molecule has 0 spiro atoms. The van der Waals surface area contributed by atoms with Gasteiger partial charge in [-0.2, -0.15) is 0 Å². The van der Waals surface area contributed by atoms with E-state index in [0.29, 0.717) is 12.3 Å². The van der Waals surface area contributed by atoms with E-state index < -0.39 is 0 Å². The van der Waals surface area contributed by atoms with Crippen LogP contribution in [-0.4, -0.2) is 56.1 Å². The monoisotopic (exact) mass is 214 g/mol. The van der Waals surface area contributed by atoms with Gasteiger partial charge in [0.1, 0.15) is 0 Å². The van der Waals surface area contributed by atoms with Crippen molar-refractivity contribution < 1.29 is 4.79 Å². The number of carbonyl (C=O) groups is 1. The molecular formula is C10H22N4O. The normalized spacial score (nSPS) is 24.5. The number of nitrogens with one attached hydrogen (secondary N) is 1. The van der Waals surface area contributed by atoms with Gasteiger partial charge in [-0.3, -0.25) is 10.2 Å². The summed E-state index contributed by atoms with van der Waals surface area (Å²) in [6.07, 6.45) is 1.52. The minimum absolute atomic E-state index is 0.00190. The number of rotatable bonds is 4. The zero-order valence-corrected chi connectivity index (χ0v) is 9.86. The molecule has 1 heterocycles. The summed E-state index contributed by atoms with van der Waals surface area (Å²) in [5.74, 6) is 0.463. The highest BCUT2D eigenvalue weighted by molar-refractivity contribution is 5.76. The van der Waals surface area contributed by atoms with Gasteiger partial charge >= 0.3 is 0 Å². The fraction of sp³-hybridized carbons (Fsp3) is 0.900. The van der Waals surface area contributed by atoms with E-state index >= 15 is 0 Å². The van der Waals surface area contributed by atoms with Crippen molar-refractivity contribution in [3.63, 3.8) is 0 Å². The number of amides is 1. The lowest BCUT2D eigenvalue weighted by molar-refractivity contribution is -0.125. The van der Waals surface area contributed by atoms with Gasteiger partial charge in [0.2, 0.25) is 5.91 Å². The van der Waals surface area contributed by atoms with Crippen LogP contribution >= 0.6 is 0 Å². The molecule has 0 saturated carbocycles. The molecule has 0 aromatic carbocycles. The summed E-state index contributed by atoms with van der Waals surface area (Å²) in [5.41, 5.74) is 8.72. The molecule has 1 aliphatic heterocycles. The zero-order chi connectivity index (χ0) is 11.4. The lowest BCUT2D eigenvalue weighted by atomic mass is 9.97. The standard InChI is InChI=1S/C10H22N4O/c1-13(2)12-10(15)6-9(11)8-4-5-14(3)7-8/h8-9H,4-7,11H2,1-3H3,(H,12,15). The van der Waals surface area contributed by atoms with Crippen molar-refractivity contribution in [2.45, 2.75) is 18.9 Å². The molecule has 1 amide bonds. The van der Waals surface area contributed by atoms with Crippen molar-refractivity contribution in [1.82, 2.24) is 15.3 Å². The van der Waals surface area contributed by atoms with Gasteiger partial charge in [-0.15, -0.1) is 0 Å². The molecule has 3 N–H and O–H groups in total. The largest absolute Gasteiger partial charge is 0.327 e. The molecule has 1 fully saturated rings. The summed E-state index contributed by atoms with van der Waals surface area (Å²) in [6.45, 7) is 2.10. The van der Waals surface area contributed by atoms with Crippen LogP contribution in [0.25, 0.3) is 0 Å². The third kappa shape index (κ3) is 4.15. The molecule has 0 aliphatic carbocycles. The Bertz CT molecular complexity index is 219. The smallest absolute Gasteiger partial charge is 0.235 e. The molecule has 2 unspecified atom stereocenters. The molecule has 5 heteroatoms. The Kier molecular flexibility index (Phi) is 4.50. The van der Waals surface area contributed by atoms with Crippen LogP contribution in [0.1, 0.15) is 12.8 Å². The number of carbonyl (C=O) groups excluding carboxylic acids is 1. The van der Waals surface area contributed by atoms with Gasteiger partial charge in [-0.25, -0.2) is 5.01 Å². The van der Waals surface area contributed by atoms with Gasteiger partial charge in [0.15, 0.2) is 0 Å². The molecule has 0 bridgehead atoms. The first-order chi connectivity index (χ1) is 6.99. The maximum atomic E-state index is 11.5. The van der Waals surface area contributed by atoms with Gasteiger partial charge in [0.25, 0.3) is 0 Å². The number of hydrazine groups is 1. The van der Waals surface area contributed by atoms with Crippen molar-refractivity contribution >= 4 is 5.91 Å². The van der Waals surface area contributed by atoms with Crippen molar-refractivity contribution in [3.8, 4) is 0 Å². The van der Waals surface area contributed by atoms with Gasteiger partial charge in [-0.05, 0) is 25.9 Å². The predicted octanol–water partition coefficient (Wildman–Crippen LogP) is -0.752. The van der Waals surface area contributed by atoms with Crippen LogP contribution in [-0.2, 0) is 4.79 Å². The first-order valence-electron chi connectivity index (χ1n) is 5.40. The highest BCUT2D eigenvalue weighted by Crippen LogP contribution is 2.18. The van der Waals surface area contributed by atoms with E-state index in [-0.39, 0.29) is 11.9 Å². The van der Waals surface area contributed by atoms with Crippen LogP contribution in [0.4, 0.5) is 0 Å². The summed E-state index contributed by atoms with van der Waals surface area (Å²) in [4.78, 5) is 13.7. The average Bonchev–Trinajstić information content (AvgIpc) is 2.49. The highest BCUT2D eigenvalue weighted by atomic mass is 16.2. The maximum Gasteiger partial charge on any atom is 0.235 e.